The third kappa shape index (κ3) is 5.73. The van der Waals surface area contributed by atoms with Crippen LogP contribution in [-0.4, -0.2) is 79.2 Å². The topological polar surface area (TPSA) is 83.9 Å². The van der Waals surface area contributed by atoms with Crippen molar-refractivity contribution in [2.75, 3.05) is 47.4 Å². The number of methoxy groups -OCH3 is 2. The molecule has 210 valence electrons. The van der Waals surface area contributed by atoms with Crippen LogP contribution in [0, 0.1) is 0 Å². The summed E-state index contributed by atoms with van der Waals surface area (Å²) < 4.78 is 17.1. The van der Waals surface area contributed by atoms with Crippen molar-refractivity contribution >= 4 is 28.8 Å². The highest BCUT2D eigenvalue weighted by atomic mass is 32.2. The number of hydrogen-bond donors (Lipinski definition) is 0. The number of likely N-dealkylation sites (N-methyl/N-ethyl adjacent to an activating group) is 1. The van der Waals surface area contributed by atoms with Gasteiger partial charge in [0.15, 0.2) is 5.17 Å². The molecule has 0 N–H and O–H groups in total. The Morgan fingerprint density at radius 2 is 1.77 bits per heavy atom. The van der Waals surface area contributed by atoms with Gasteiger partial charge in [0.25, 0.3) is 0 Å². The van der Waals surface area contributed by atoms with Crippen molar-refractivity contribution in [2.45, 2.75) is 26.0 Å². The van der Waals surface area contributed by atoms with E-state index in [1.54, 1.807) is 14.2 Å². The summed E-state index contributed by atoms with van der Waals surface area (Å²) in [5.41, 5.74) is 3.35. The fourth-order valence-corrected chi connectivity index (χ4v) is 6.07. The molecule has 0 spiro atoms. The molecule has 2 aromatic rings. The average Bonchev–Trinajstić information content (AvgIpc) is 3.37. The van der Waals surface area contributed by atoms with Crippen LogP contribution in [-0.2, 0) is 20.9 Å². The second-order valence-electron chi connectivity index (χ2n) is 9.92. The molecule has 1 saturated heterocycles. The van der Waals surface area contributed by atoms with Crippen LogP contribution in [0.15, 0.2) is 75.9 Å². The van der Waals surface area contributed by atoms with Gasteiger partial charge < -0.3 is 28.9 Å². The minimum absolute atomic E-state index is 0.0528. The van der Waals surface area contributed by atoms with Crippen LogP contribution in [0.3, 0.4) is 0 Å². The Kier molecular flexibility index (Phi) is 8.46. The molecule has 5 rings (SSSR count). The molecular formula is C30H34N4O5S. The number of esters is 1. The van der Waals surface area contributed by atoms with Crippen molar-refractivity contribution < 1.29 is 23.8 Å². The van der Waals surface area contributed by atoms with Crippen molar-refractivity contribution in [1.82, 2.24) is 14.7 Å². The van der Waals surface area contributed by atoms with Gasteiger partial charge in [-0.2, -0.15) is 0 Å². The molecule has 1 amide bonds. The van der Waals surface area contributed by atoms with Gasteiger partial charge in [0.05, 0.1) is 38.0 Å². The van der Waals surface area contributed by atoms with Crippen molar-refractivity contribution in [2.24, 2.45) is 4.99 Å². The highest BCUT2D eigenvalue weighted by Gasteiger charge is 2.43. The number of ether oxygens (including phenoxy) is 3. The lowest BCUT2D eigenvalue weighted by molar-refractivity contribution is -0.141. The number of amides is 1. The van der Waals surface area contributed by atoms with Crippen LogP contribution in [0.1, 0.15) is 30.5 Å². The number of rotatable bonds is 8. The SMILES string of the molecule is COc1ccc(OC)c([C@H]2C(C(=O)OCc3ccccc3)=C(C)N=C3SC=C(CC(=O)N4CCN(C)CC4)N32)c1. The van der Waals surface area contributed by atoms with Gasteiger partial charge in [-0.25, -0.2) is 9.79 Å². The molecule has 0 bridgehead atoms. The third-order valence-corrected chi connectivity index (χ3v) is 8.24. The fourth-order valence-electron chi connectivity index (χ4n) is 5.10. The molecule has 2 aromatic carbocycles. The van der Waals surface area contributed by atoms with Gasteiger partial charge in [-0.1, -0.05) is 42.1 Å². The second kappa shape index (κ2) is 12.2. The average molecular weight is 563 g/mol. The van der Waals surface area contributed by atoms with Crippen LogP contribution in [0.5, 0.6) is 11.5 Å². The molecule has 0 unspecified atom stereocenters. The van der Waals surface area contributed by atoms with Crippen molar-refractivity contribution in [3.05, 3.63) is 82.0 Å². The number of carbonyl (C=O) groups is 2. The normalized spacial score (nSPS) is 19.1. The summed E-state index contributed by atoms with van der Waals surface area (Å²) >= 11 is 1.45. The van der Waals surface area contributed by atoms with Gasteiger partial charge in [-0.05, 0) is 43.1 Å². The maximum Gasteiger partial charge on any atom is 0.338 e. The molecule has 9 nitrogen and oxygen atoms in total. The Morgan fingerprint density at radius 3 is 2.48 bits per heavy atom. The quantitative estimate of drug-likeness (QED) is 0.443. The van der Waals surface area contributed by atoms with Crippen LogP contribution in [0.4, 0.5) is 0 Å². The Bertz CT molecular complexity index is 1370. The summed E-state index contributed by atoms with van der Waals surface area (Å²) in [6.07, 6.45) is 0.198. The number of carbonyl (C=O) groups excluding carboxylic acids is 2. The maximum absolute atomic E-state index is 13.8. The molecule has 0 saturated carbocycles. The van der Waals surface area contributed by atoms with Crippen LogP contribution >= 0.6 is 11.8 Å². The highest BCUT2D eigenvalue weighted by Crippen LogP contribution is 2.47. The zero-order chi connectivity index (χ0) is 28.2. The van der Waals surface area contributed by atoms with E-state index in [1.807, 2.05) is 70.7 Å². The molecule has 10 heteroatoms. The van der Waals surface area contributed by atoms with Gasteiger partial charge in [0.1, 0.15) is 18.1 Å². The lowest BCUT2D eigenvalue weighted by Crippen LogP contribution is -2.47. The van der Waals surface area contributed by atoms with Crippen molar-refractivity contribution in [3.63, 3.8) is 0 Å². The number of thioether (sulfide) groups is 1. The Hall–Kier alpha value is -3.76. The summed E-state index contributed by atoms with van der Waals surface area (Å²) in [5.74, 6) is 0.799. The largest absolute Gasteiger partial charge is 0.497 e. The first-order valence-corrected chi connectivity index (χ1v) is 14.1. The highest BCUT2D eigenvalue weighted by molar-refractivity contribution is 8.16. The standard InChI is InChI=1S/C30H34N4O5S/c1-20-27(29(36)39-18-21-8-6-5-7-9-21)28(24-17-23(37-3)10-11-25(24)38-4)34-22(19-40-30(34)31-20)16-26(35)33-14-12-32(2)13-15-33/h5-11,17,19,28H,12-16,18H2,1-4H3/t28-/m0/s1. The molecule has 1 atom stereocenters. The van der Waals surface area contributed by atoms with E-state index < -0.39 is 12.0 Å². The van der Waals surface area contributed by atoms with Crippen LogP contribution in [0.2, 0.25) is 0 Å². The van der Waals surface area contributed by atoms with Gasteiger partial charge in [-0.15, -0.1) is 0 Å². The first-order valence-electron chi connectivity index (χ1n) is 13.2. The van der Waals surface area contributed by atoms with Gasteiger partial charge in [0, 0.05) is 37.4 Å². The minimum atomic E-state index is -0.623. The van der Waals surface area contributed by atoms with Gasteiger partial charge >= 0.3 is 5.97 Å². The molecule has 1 fully saturated rings. The number of nitrogens with zero attached hydrogens (tertiary/aromatic N) is 4. The van der Waals surface area contributed by atoms with E-state index in [1.165, 1.54) is 11.8 Å². The Morgan fingerprint density at radius 1 is 1.02 bits per heavy atom. The maximum atomic E-state index is 13.8. The van der Waals surface area contributed by atoms with E-state index in [9.17, 15) is 9.59 Å². The third-order valence-electron chi connectivity index (χ3n) is 7.35. The zero-order valence-electron chi connectivity index (χ0n) is 23.3. The van der Waals surface area contributed by atoms with Crippen molar-refractivity contribution in [1.29, 1.82) is 0 Å². The lowest BCUT2D eigenvalue weighted by Gasteiger charge is -2.38. The monoisotopic (exact) mass is 562 g/mol. The molecule has 3 aliphatic rings. The van der Waals surface area contributed by atoms with E-state index in [-0.39, 0.29) is 18.9 Å². The number of hydrogen-bond acceptors (Lipinski definition) is 9. The summed E-state index contributed by atoms with van der Waals surface area (Å²) in [7, 11) is 5.26. The number of piperazine rings is 1. The van der Waals surface area contributed by atoms with Crippen LogP contribution in [0.25, 0.3) is 0 Å². The number of fused-ring (bicyclic) bond motifs is 1. The van der Waals surface area contributed by atoms with Gasteiger partial charge in [-0.3, -0.25) is 4.79 Å². The first-order chi connectivity index (χ1) is 19.4. The smallest absolute Gasteiger partial charge is 0.338 e. The molecular weight excluding hydrogens is 528 g/mol. The Balaban J connectivity index is 1.50. The first kappa shape index (κ1) is 27.8. The predicted octanol–water partition coefficient (Wildman–Crippen LogP) is 4.19. The predicted molar refractivity (Wildman–Crippen MR) is 155 cm³/mol. The zero-order valence-corrected chi connectivity index (χ0v) is 24.1. The molecule has 0 radical (unpaired) electrons. The molecule has 40 heavy (non-hydrogen) atoms. The van der Waals surface area contributed by atoms with Crippen molar-refractivity contribution in [3.8, 4) is 11.5 Å². The molecule has 3 heterocycles. The van der Waals surface area contributed by atoms with E-state index in [4.69, 9.17) is 19.2 Å². The fraction of sp³-hybridized carbons (Fsp3) is 0.367. The van der Waals surface area contributed by atoms with Crippen LogP contribution < -0.4 is 9.47 Å². The number of amidine groups is 1. The number of aliphatic imine (C=N–C) groups is 1. The van der Waals surface area contributed by atoms with E-state index in [2.05, 4.69) is 11.9 Å². The summed E-state index contributed by atoms with van der Waals surface area (Å²) in [5, 5.41) is 2.66. The molecule has 3 aliphatic heterocycles. The molecule has 0 aliphatic carbocycles. The van der Waals surface area contributed by atoms with E-state index >= 15 is 0 Å². The second-order valence-corrected chi connectivity index (χ2v) is 10.8. The summed E-state index contributed by atoms with van der Waals surface area (Å²) in [4.78, 5) is 38.0. The number of benzene rings is 2. The lowest BCUT2D eigenvalue weighted by atomic mass is 9.92. The van der Waals surface area contributed by atoms with Gasteiger partial charge in [0.2, 0.25) is 5.91 Å². The van der Waals surface area contributed by atoms with E-state index in [0.29, 0.717) is 41.0 Å². The Labute approximate surface area is 239 Å². The minimum Gasteiger partial charge on any atom is -0.497 e. The summed E-state index contributed by atoms with van der Waals surface area (Å²) in [6, 6.07) is 14.4. The molecule has 0 aromatic heterocycles. The number of allylic oxidation sites excluding steroid dienone is 1. The summed E-state index contributed by atoms with van der Waals surface area (Å²) in [6.45, 7) is 5.03. The van der Waals surface area contributed by atoms with E-state index in [0.717, 1.165) is 29.9 Å².